The number of alkyl halides is 1. The van der Waals surface area contributed by atoms with Crippen LogP contribution in [0.25, 0.3) is 0 Å². The third-order valence-corrected chi connectivity index (χ3v) is 3.96. The molecule has 0 aliphatic rings. The molecule has 6 heteroatoms. The first kappa shape index (κ1) is 13.3. The van der Waals surface area contributed by atoms with E-state index in [-0.39, 0.29) is 6.04 Å². The maximum Gasteiger partial charge on any atom is 0.226 e. The summed E-state index contributed by atoms with van der Waals surface area (Å²) >= 11 is 5.31. The van der Waals surface area contributed by atoms with Crippen LogP contribution >= 0.6 is 11.6 Å². The Bertz CT molecular complexity index is 447. The van der Waals surface area contributed by atoms with Crippen molar-refractivity contribution < 1.29 is 13.2 Å². The quantitative estimate of drug-likeness (QED) is 0.825. The van der Waals surface area contributed by atoms with Gasteiger partial charge in [0.25, 0.3) is 0 Å². The van der Waals surface area contributed by atoms with Gasteiger partial charge in [0.15, 0.2) is 0 Å². The molecule has 90 valence electrons. The SMILES string of the molecule is COc1cccc([C@H](C)NS(=O)(=O)CCl)c1. The number of sulfonamides is 1. The van der Waals surface area contributed by atoms with Crippen molar-refractivity contribution in [2.24, 2.45) is 0 Å². The fourth-order valence-corrected chi connectivity index (χ4v) is 2.21. The molecule has 1 rings (SSSR count). The summed E-state index contributed by atoms with van der Waals surface area (Å²) in [5, 5.41) is -0.443. The largest absolute Gasteiger partial charge is 0.497 e. The number of methoxy groups -OCH3 is 1. The molecule has 1 atom stereocenters. The lowest BCUT2D eigenvalue weighted by Gasteiger charge is -2.14. The number of nitrogens with one attached hydrogen (secondary N) is 1. The highest BCUT2D eigenvalue weighted by Gasteiger charge is 2.14. The van der Waals surface area contributed by atoms with E-state index in [1.165, 1.54) is 0 Å². The molecule has 0 fully saturated rings. The fourth-order valence-electron chi connectivity index (χ4n) is 1.28. The first-order chi connectivity index (χ1) is 7.48. The molecule has 1 N–H and O–H groups in total. The lowest BCUT2D eigenvalue weighted by atomic mass is 10.1. The summed E-state index contributed by atoms with van der Waals surface area (Å²) in [7, 11) is -1.85. The van der Waals surface area contributed by atoms with Gasteiger partial charge in [0.2, 0.25) is 10.0 Å². The van der Waals surface area contributed by atoms with Crippen LogP contribution in [0.1, 0.15) is 18.5 Å². The number of halogens is 1. The van der Waals surface area contributed by atoms with Crippen molar-refractivity contribution >= 4 is 21.6 Å². The van der Waals surface area contributed by atoms with Crippen LogP contribution in [0.15, 0.2) is 24.3 Å². The predicted molar refractivity (Wildman–Crippen MR) is 64.2 cm³/mol. The van der Waals surface area contributed by atoms with Crippen LogP contribution in [0, 0.1) is 0 Å². The van der Waals surface area contributed by atoms with E-state index in [1.54, 1.807) is 32.2 Å². The Morgan fingerprint density at radius 3 is 2.75 bits per heavy atom. The molecule has 16 heavy (non-hydrogen) atoms. The van der Waals surface area contributed by atoms with Gasteiger partial charge in [-0.2, -0.15) is 0 Å². The molecular formula is C10H14ClNO3S. The first-order valence-electron chi connectivity index (χ1n) is 4.68. The molecule has 0 spiro atoms. The molecule has 0 amide bonds. The van der Waals surface area contributed by atoms with E-state index < -0.39 is 15.2 Å². The fraction of sp³-hybridized carbons (Fsp3) is 0.400. The van der Waals surface area contributed by atoms with Crippen LogP contribution in [-0.2, 0) is 10.0 Å². The minimum Gasteiger partial charge on any atom is -0.497 e. The number of hydrogen-bond acceptors (Lipinski definition) is 3. The lowest BCUT2D eigenvalue weighted by molar-refractivity contribution is 0.413. The highest BCUT2D eigenvalue weighted by Crippen LogP contribution is 2.19. The zero-order chi connectivity index (χ0) is 12.2. The van der Waals surface area contributed by atoms with Crippen LogP contribution in [0.4, 0.5) is 0 Å². The zero-order valence-corrected chi connectivity index (χ0v) is 10.7. The van der Waals surface area contributed by atoms with Crippen molar-refractivity contribution in [2.45, 2.75) is 13.0 Å². The average Bonchev–Trinajstić information content (AvgIpc) is 2.28. The Kier molecular flexibility index (Phi) is 4.58. The molecule has 0 aromatic heterocycles. The second-order valence-corrected chi connectivity index (χ2v) is 5.68. The van der Waals surface area contributed by atoms with Gasteiger partial charge in [0, 0.05) is 6.04 Å². The van der Waals surface area contributed by atoms with E-state index >= 15 is 0 Å². The molecule has 0 aliphatic carbocycles. The molecule has 0 unspecified atom stereocenters. The molecule has 0 heterocycles. The van der Waals surface area contributed by atoms with Gasteiger partial charge in [-0.1, -0.05) is 12.1 Å². The summed E-state index contributed by atoms with van der Waals surface area (Å²) in [4.78, 5) is 0. The third-order valence-electron chi connectivity index (χ3n) is 2.09. The minimum absolute atomic E-state index is 0.334. The molecular weight excluding hydrogens is 250 g/mol. The summed E-state index contributed by atoms with van der Waals surface area (Å²) in [6, 6.07) is 6.87. The van der Waals surface area contributed by atoms with Gasteiger partial charge in [0.1, 0.15) is 11.0 Å². The molecule has 0 bridgehead atoms. The van der Waals surface area contributed by atoms with Crippen LogP contribution < -0.4 is 9.46 Å². The van der Waals surface area contributed by atoms with Crippen LogP contribution in [0.5, 0.6) is 5.75 Å². The number of ether oxygens (including phenoxy) is 1. The topological polar surface area (TPSA) is 55.4 Å². The van der Waals surface area contributed by atoms with Crippen LogP contribution in [0.3, 0.4) is 0 Å². The van der Waals surface area contributed by atoms with E-state index in [0.717, 1.165) is 5.56 Å². The molecule has 1 aromatic carbocycles. The van der Waals surface area contributed by atoms with Crippen LogP contribution in [-0.4, -0.2) is 20.7 Å². The standard InChI is InChI=1S/C10H14ClNO3S/c1-8(12-16(13,14)7-11)9-4-3-5-10(6-9)15-2/h3-6,8,12H,7H2,1-2H3/t8-/m0/s1. The van der Waals surface area contributed by atoms with Crippen molar-refractivity contribution in [3.63, 3.8) is 0 Å². The second-order valence-electron chi connectivity index (χ2n) is 3.34. The highest BCUT2D eigenvalue weighted by molar-refractivity contribution is 7.90. The van der Waals surface area contributed by atoms with Gasteiger partial charge < -0.3 is 4.74 Å². The Morgan fingerprint density at radius 1 is 1.50 bits per heavy atom. The van der Waals surface area contributed by atoms with Gasteiger partial charge in [-0.25, -0.2) is 13.1 Å². The summed E-state index contributed by atoms with van der Waals surface area (Å²) in [6.45, 7) is 1.75. The van der Waals surface area contributed by atoms with Gasteiger partial charge in [-0.3, -0.25) is 0 Å². The maximum absolute atomic E-state index is 11.3. The summed E-state index contributed by atoms with van der Waals surface area (Å²) < 4.78 is 30.0. The maximum atomic E-state index is 11.3. The highest BCUT2D eigenvalue weighted by atomic mass is 35.5. The molecule has 0 saturated heterocycles. The Labute approximate surface area is 101 Å². The molecule has 1 aromatic rings. The smallest absolute Gasteiger partial charge is 0.226 e. The van der Waals surface area contributed by atoms with Crippen LogP contribution in [0.2, 0.25) is 0 Å². The Hall–Kier alpha value is -0.780. The lowest BCUT2D eigenvalue weighted by Crippen LogP contribution is -2.27. The normalized spacial score (nSPS) is 13.4. The van der Waals surface area contributed by atoms with Gasteiger partial charge in [-0.05, 0) is 24.6 Å². The number of benzene rings is 1. The molecule has 0 aliphatic heterocycles. The van der Waals surface area contributed by atoms with Gasteiger partial charge >= 0.3 is 0 Å². The van der Waals surface area contributed by atoms with Gasteiger partial charge in [-0.15, -0.1) is 11.6 Å². The number of hydrogen-bond donors (Lipinski definition) is 1. The number of rotatable bonds is 5. The van der Waals surface area contributed by atoms with Crippen molar-refractivity contribution in [1.82, 2.24) is 4.72 Å². The van der Waals surface area contributed by atoms with E-state index in [4.69, 9.17) is 16.3 Å². The Morgan fingerprint density at radius 2 is 2.19 bits per heavy atom. The minimum atomic E-state index is -3.41. The predicted octanol–water partition coefficient (Wildman–Crippen LogP) is 1.87. The zero-order valence-electron chi connectivity index (χ0n) is 9.10. The monoisotopic (exact) mass is 263 g/mol. The van der Waals surface area contributed by atoms with Crippen molar-refractivity contribution in [1.29, 1.82) is 0 Å². The molecule has 0 radical (unpaired) electrons. The molecule has 4 nitrogen and oxygen atoms in total. The summed E-state index contributed by atoms with van der Waals surface area (Å²) in [5.74, 6) is 0.689. The second kappa shape index (κ2) is 5.52. The Balaban J connectivity index is 2.84. The van der Waals surface area contributed by atoms with Crippen molar-refractivity contribution in [3.8, 4) is 5.75 Å². The molecule has 0 saturated carbocycles. The first-order valence-corrected chi connectivity index (χ1v) is 6.87. The van der Waals surface area contributed by atoms with Crippen molar-refractivity contribution in [3.05, 3.63) is 29.8 Å². The van der Waals surface area contributed by atoms with E-state index in [9.17, 15) is 8.42 Å². The van der Waals surface area contributed by atoms with Gasteiger partial charge in [0.05, 0.1) is 7.11 Å². The van der Waals surface area contributed by atoms with E-state index in [1.807, 2.05) is 6.07 Å². The average molecular weight is 264 g/mol. The van der Waals surface area contributed by atoms with Crippen molar-refractivity contribution in [2.75, 3.05) is 12.3 Å². The van der Waals surface area contributed by atoms with E-state index in [0.29, 0.717) is 5.75 Å². The summed E-state index contributed by atoms with van der Waals surface area (Å²) in [6.07, 6.45) is 0. The van der Waals surface area contributed by atoms with E-state index in [2.05, 4.69) is 4.72 Å². The summed E-state index contributed by atoms with van der Waals surface area (Å²) in [5.41, 5.74) is 0.827. The third kappa shape index (κ3) is 3.66.